The molecule has 0 saturated carbocycles. The summed E-state index contributed by atoms with van der Waals surface area (Å²) in [4.78, 5) is 24.6. The maximum absolute atomic E-state index is 12.7. The zero-order valence-electron chi connectivity index (χ0n) is 13.9. The van der Waals surface area contributed by atoms with Gasteiger partial charge in [0, 0.05) is 0 Å². The SMILES string of the molecule is C=CCc1ccc(C2(c3ccc(CC=C)cc3)NC(=O)NC2=O)cc1. The number of nitrogens with one attached hydrogen (secondary N) is 2. The van der Waals surface area contributed by atoms with Gasteiger partial charge in [-0.2, -0.15) is 0 Å². The van der Waals surface area contributed by atoms with Crippen molar-refractivity contribution in [1.82, 2.24) is 10.6 Å². The zero-order chi connectivity index (χ0) is 17.9. The number of carbonyl (C=O) groups excluding carboxylic acids is 2. The Hall–Kier alpha value is -3.14. The summed E-state index contributed by atoms with van der Waals surface area (Å²) in [5.41, 5.74) is 2.43. The number of carbonyl (C=O) groups is 2. The van der Waals surface area contributed by atoms with Crippen LogP contribution in [0, 0.1) is 0 Å². The van der Waals surface area contributed by atoms with Gasteiger partial charge in [0.15, 0.2) is 5.54 Å². The van der Waals surface area contributed by atoms with Gasteiger partial charge in [-0.3, -0.25) is 10.1 Å². The Morgan fingerprint density at radius 1 is 0.800 bits per heavy atom. The van der Waals surface area contributed by atoms with Gasteiger partial charge in [0.05, 0.1) is 0 Å². The standard InChI is InChI=1S/C21H20N2O2/c1-3-5-15-7-11-17(12-8-15)21(19(24)22-20(25)23-21)18-13-9-16(6-4-2)10-14-18/h3-4,7-14H,1-2,5-6H2,(H2,22,23,24,25). The predicted molar refractivity (Wildman–Crippen MR) is 98.1 cm³/mol. The van der Waals surface area contributed by atoms with Crippen LogP contribution in [0.5, 0.6) is 0 Å². The lowest BCUT2D eigenvalue weighted by Gasteiger charge is -2.27. The summed E-state index contributed by atoms with van der Waals surface area (Å²) in [6, 6.07) is 14.8. The Bertz CT molecular complexity index is 766. The lowest BCUT2D eigenvalue weighted by atomic mass is 9.82. The minimum Gasteiger partial charge on any atom is -0.316 e. The molecule has 0 atom stereocenters. The molecule has 1 saturated heterocycles. The Morgan fingerprint density at radius 3 is 1.56 bits per heavy atom. The van der Waals surface area contributed by atoms with Crippen LogP contribution >= 0.6 is 0 Å². The number of benzene rings is 2. The van der Waals surface area contributed by atoms with E-state index in [1.54, 1.807) is 0 Å². The maximum Gasteiger partial charge on any atom is 0.322 e. The monoisotopic (exact) mass is 332 g/mol. The number of urea groups is 1. The molecule has 0 unspecified atom stereocenters. The van der Waals surface area contributed by atoms with Gasteiger partial charge in [0.2, 0.25) is 0 Å². The molecule has 2 aromatic rings. The molecule has 1 fully saturated rings. The summed E-state index contributed by atoms with van der Waals surface area (Å²) in [5, 5.41) is 5.18. The molecule has 4 heteroatoms. The van der Waals surface area contributed by atoms with Crippen LogP contribution in [-0.4, -0.2) is 11.9 Å². The first-order valence-corrected chi connectivity index (χ1v) is 8.14. The fraction of sp³-hybridized carbons (Fsp3) is 0.143. The highest BCUT2D eigenvalue weighted by atomic mass is 16.2. The van der Waals surface area contributed by atoms with Gasteiger partial charge in [-0.1, -0.05) is 60.7 Å². The summed E-state index contributed by atoms with van der Waals surface area (Å²) < 4.78 is 0. The molecule has 1 aliphatic rings. The Balaban J connectivity index is 2.07. The van der Waals surface area contributed by atoms with Crippen molar-refractivity contribution in [3.63, 3.8) is 0 Å². The van der Waals surface area contributed by atoms with Crippen molar-refractivity contribution in [2.45, 2.75) is 18.4 Å². The van der Waals surface area contributed by atoms with E-state index in [0.717, 1.165) is 35.1 Å². The Labute approximate surface area is 147 Å². The predicted octanol–water partition coefficient (Wildman–Crippen LogP) is 3.23. The molecule has 3 rings (SSSR count). The number of allylic oxidation sites excluding steroid dienone is 2. The minimum absolute atomic E-state index is 0.370. The summed E-state index contributed by atoms with van der Waals surface area (Å²) in [7, 11) is 0. The van der Waals surface area contributed by atoms with E-state index in [2.05, 4.69) is 23.8 Å². The van der Waals surface area contributed by atoms with Gasteiger partial charge in [0.1, 0.15) is 0 Å². The molecule has 25 heavy (non-hydrogen) atoms. The van der Waals surface area contributed by atoms with Crippen molar-refractivity contribution in [2.75, 3.05) is 0 Å². The maximum atomic E-state index is 12.7. The first-order valence-electron chi connectivity index (χ1n) is 8.14. The molecule has 2 aromatic carbocycles. The van der Waals surface area contributed by atoms with E-state index in [1.165, 1.54) is 0 Å². The Kier molecular flexibility index (Phi) is 4.52. The van der Waals surface area contributed by atoms with Crippen LogP contribution in [0.1, 0.15) is 22.3 Å². The smallest absolute Gasteiger partial charge is 0.316 e. The van der Waals surface area contributed by atoms with Crippen LogP contribution in [-0.2, 0) is 23.2 Å². The summed E-state index contributed by atoms with van der Waals surface area (Å²) >= 11 is 0. The van der Waals surface area contributed by atoms with Crippen molar-refractivity contribution >= 4 is 11.9 Å². The van der Waals surface area contributed by atoms with E-state index < -0.39 is 11.6 Å². The summed E-state index contributed by atoms with van der Waals surface area (Å²) in [6.45, 7) is 7.47. The molecule has 1 heterocycles. The van der Waals surface area contributed by atoms with Crippen LogP contribution in [0.4, 0.5) is 4.79 Å². The fourth-order valence-corrected chi connectivity index (χ4v) is 3.14. The normalized spacial score (nSPS) is 15.4. The number of hydrogen-bond acceptors (Lipinski definition) is 2. The lowest BCUT2D eigenvalue weighted by molar-refractivity contribution is -0.122. The van der Waals surface area contributed by atoms with Crippen LogP contribution in [0.15, 0.2) is 73.8 Å². The molecular weight excluding hydrogens is 312 g/mol. The van der Waals surface area contributed by atoms with E-state index in [1.807, 2.05) is 60.7 Å². The van der Waals surface area contributed by atoms with Crippen molar-refractivity contribution in [3.8, 4) is 0 Å². The second-order valence-corrected chi connectivity index (χ2v) is 6.04. The van der Waals surface area contributed by atoms with E-state index >= 15 is 0 Å². The Morgan fingerprint density at radius 2 is 1.24 bits per heavy atom. The van der Waals surface area contributed by atoms with Crippen LogP contribution < -0.4 is 10.6 Å². The van der Waals surface area contributed by atoms with Crippen LogP contribution in [0.25, 0.3) is 0 Å². The number of hydrogen-bond donors (Lipinski definition) is 2. The highest BCUT2D eigenvalue weighted by molar-refractivity contribution is 6.09. The van der Waals surface area contributed by atoms with Crippen LogP contribution in [0.2, 0.25) is 0 Å². The second-order valence-electron chi connectivity index (χ2n) is 6.04. The highest BCUT2D eigenvalue weighted by Crippen LogP contribution is 2.33. The topological polar surface area (TPSA) is 58.2 Å². The van der Waals surface area contributed by atoms with Gasteiger partial charge in [-0.05, 0) is 35.1 Å². The van der Waals surface area contributed by atoms with E-state index in [0.29, 0.717) is 0 Å². The average molecular weight is 332 g/mol. The minimum atomic E-state index is -1.21. The quantitative estimate of drug-likeness (QED) is 0.630. The largest absolute Gasteiger partial charge is 0.322 e. The number of amides is 3. The van der Waals surface area contributed by atoms with Crippen molar-refractivity contribution in [1.29, 1.82) is 0 Å². The molecular formula is C21H20N2O2. The molecule has 0 spiro atoms. The fourth-order valence-electron chi connectivity index (χ4n) is 3.14. The van der Waals surface area contributed by atoms with Gasteiger partial charge in [-0.15, -0.1) is 13.2 Å². The van der Waals surface area contributed by atoms with Gasteiger partial charge < -0.3 is 5.32 Å². The molecule has 0 bridgehead atoms. The molecule has 126 valence electrons. The summed E-state index contributed by atoms with van der Waals surface area (Å²) in [6.07, 6.45) is 5.16. The first kappa shape index (κ1) is 16.7. The first-order chi connectivity index (χ1) is 12.1. The van der Waals surface area contributed by atoms with Gasteiger partial charge >= 0.3 is 6.03 Å². The average Bonchev–Trinajstić information content (AvgIpc) is 2.92. The molecule has 2 N–H and O–H groups in total. The molecule has 0 radical (unpaired) electrons. The third kappa shape index (κ3) is 2.98. The molecule has 3 amide bonds. The van der Waals surface area contributed by atoms with Gasteiger partial charge in [0.25, 0.3) is 5.91 Å². The van der Waals surface area contributed by atoms with Crippen LogP contribution in [0.3, 0.4) is 0 Å². The summed E-state index contributed by atoms with van der Waals surface area (Å²) in [5.74, 6) is -0.370. The second kappa shape index (κ2) is 6.77. The molecule has 1 aliphatic heterocycles. The molecule has 0 aromatic heterocycles. The number of rotatable bonds is 6. The highest BCUT2D eigenvalue weighted by Gasteiger charge is 2.49. The van der Waals surface area contributed by atoms with Gasteiger partial charge in [-0.25, -0.2) is 4.79 Å². The van der Waals surface area contributed by atoms with Crippen molar-refractivity contribution in [2.24, 2.45) is 0 Å². The van der Waals surface area contributed by atoms with Crippen molar-refractivity contribution < 1.29 is 9.59 Å². The van der Waals surface area contributed by atoms with Crippen molar-refractivity contribution in [3.05, 3.63) is 96.1 Å². The van der Waals surface area contributed by atoms with E-state index in [9.17, 15) is 9.59 Å². The van der Waals surface area contributed by atoms with E-state index in [-0.39, 0.29) is 5.91 Å². The lowest BCUT2D eigenvalue weighted by Crippen LogP contribution is -2.44. The zero-order valence-corrected chi connectivity index (χ0v) is 13.9. The third-order valence-corrected chi connectivity index (χ3v) is 4.40. The van der Waals surface area contributed by atoms with E-state index in [4.69, 9.17) is 0 Å². The molecule has 4 nitrogen and oxygen atoms in total. The number of imide groups is 1. The molecule has 0 aliphatic carbocycles. The third-order valence-electron chi connectivity index (χ3n) is 4.40.